The Morgan fingerprint density at radius 1 is 1.05 bits per heavy atom. The fourth-order valence-corrected chi connectivity index (χ4v) is 2.93. The molecular weight excluding hydrogens is 260 g/mol. The molecule has 1 aromatic heterocycles. The molecule has 0 bridgehead atoms. The van der Waals surface area contributed by atoms with E-state index in [-0.39, 0.29) is 5.91 Å². The van der Waals surface area contributed by atoms with Gasteiger partial charge in [-0.1, -0.05) is 6.92 Å². The van der Waals surface area contributed by atoms with Crippen molar-refractivity contribution >= 4 is 5.91 Å². The minimum atomic E-state index is 0.170. The van der Waals surface area contributed by atoms with Gasteiger partial charge in [-0.3, -0.25) is 4.79 Å². The van der Waals surface area contributed by atoms with Crippen LogP contribution in [0.2, 0.25) is 0 Å². The summed E-state index contributed by atoms with van der Waals surface area (Å²) in [5.74, 6) is 0.905. The summed E-state index contributed by atoms with van der Waals surface area (Å²) in [6.45, 7) is 4.06. The highest BCUT2D eigenvalue weighted by Crippen LogP contribution is 2.19. The van der Waals surface area contributed by atoms with E-state index < -0.39 is 0 Å². The molecule has 1 amide bonds. The molecule has 3 nitrogen and oxygen atoms in total. The maximum absolute atomic E-state index is 12.6. The molecular formula is C18H22N2O. The summed E-state index contributed by atoms with van der Waals surface area (Å²) in [6, 6.07) is 11.9. The van der Waals surface area contributed by atoms with Gasteiger partial charge in [0, 0.05) is 36.7 Å². The van der Waals surface area contributed by atoms with Crippen molar-refractivity contribution in [1.29, 1.82) is 0 Å². The minimum Gasteiger partial charge on any atom is -0.339 e. The third kappa shape index (κ3) is 3.18. The second-order valence-electron chi connectivity index (χ2n) is 5.97. The molecule has 3 rings (SSSR count). The molecule has 3 heteroatoms. The number of aromatic nitrogens is 1. The molecule has 0 aliphatic carbocycles. The van der Waals surface area contributed by atoms with E-state index >= 15 is 0 Å². The number of carbonyl (C=O) groups excluding carboxylic acids is 1. The molecule has 1 aromatic carbocycles. The summed E-state index contributed by atoms with van der Waals surface area (Å²) < 4.78 is 2.04. The van der Waals surface area contributed by atoms with Crippen LogP contribution in [0.15, 0.2) is 48.8 Å². The lowest BCUT2D eigenvalue weighted by atomic mass is 10.0. The van der Waals surface area contributed by atoms with Gasteiger partial charge in [0.1, 0.15) is 0 Å². The van der Waals surface area contributed by atoms with Gasteiger partial charge in [0.25, 0.3) is 5.91 Å². The van der Waals surface area contributed by atoms with E-state index in [1.54, 1.807) is 0 Å². The smallest absolute Gasteiger partial charge is 0.253 e. The summed E-state index contributed by atoms with van der Waals surface area (Å²) in [5, 5.41) is 0. The molecule has 1 atom stereocenters. The molecule has 110 valence electrons. The molecule has 0 radical (unpaired) electrons. The normalized spacial score (nSPS) is 19.3. The zero-order chi connectivity index (χ0) is 14.7. The Kier molecular flexibility index (Phi) is 4.09. The van der Waals surface area contributed by atoms with Gasteiger partial charge in [-0.15, -0.1) is 0 Å². The zero-order valence-electron chi connectivity index (χ0n) is 12.5. The van der Waals surface area contributed by atoms with Crippen LogP contribution in [0, 0.1) is 5.92 Å². The molecule has 1 fully saturated rings. The van der Waals surface area contributed by atoms with Crippen molar-refractivity contribution in [1.82, 2.24) is 9.47 Å². The average molecular weight is 282 g/mol. The number of likely N-dealkylation sites (tertiary alicyclic amines) is 1. The maximum atomic E-state index is 12.6. The van der Waals surface area contributed by atoms with Crippen LogP contribution in [-0.2, 0) is 0 Å². The van der Waals surface area contributed by atoms with E-state index in [1.165, 1.54) is 6.42 Å². The predicted molar refractivity (Wildman–Crippen MR) is 84.7 cm³/mol. The van der Waals surface area contributed by atoms with Crippen molar-refractivity contribution < 1.29 is 4.79 Å². The molecule has 2 aromatic rings. The molecule has 0 saturated carbocycles. The second kappa shape index (κ2) is 6.17. The van der Waals surface area contributed by atoms with E-state index in [2.05, 4.69) is 6.92 Å². The van der Waals surface area contributed by atoms with Crippen molar-refractivity contribution in [2.24, 2.45) is 5.92 Å². The largest absolute Gasteiger partial charge is 0.339 e. The maximum Gasteiger partial charge on any atom is 0.253 e. The van der Waals surface area contributed by atoms with Crippen LogP contribution in [0.5, 0.6) is 0 Å². The number of hydrogen-bond acceptors (Lipinski definition) is 1. The van der Waals surface area contributed by atoms with E-state index in [1.807, 2.05) is 58.3 Å². The lowest BCUT2D eigenvalue weighted by Crippen LogP contribution is -2.31. The quantitative estimate of drug-likeness (QED) is 0.823. The number of rotatable bonds is 2. The second-order valence-corrected chi connectivity index (χ2v) is 5.97. The summed E-state index contributed by atoms with van der Waals surface area (Å²) in [7, 11) is 0. The van der Waals surface area contributed by atoms with Crippen LogP contribution in [-0.4, -0.2) is 28.5 Å². The highest BCUT2D eigenvalue weighted by molar-refractivity contribution is 5.94. The predicted octanol–water partition coefficient (Wildman–Crippen LogP) is 3.74. The van der Waals surface area contributed by atoms with Crippen LogP contribution < -0.4 is 0 Å². The third-order valence-electron chi connectivity index (χ3n) is 4.32. The molecule has 1 aliphatic heterocycles. The first kappa shape index (κ1) is 13.9. The molecule has 2 heterocycles. The van der Waals surface area contributed by atoms with Crippen LogP contribution >= 0.6 is 0 Å². The van der Waals surface area contributed by atoms with Crippen LogP contribution in [0.25, 0.3) is 5.69 Å². The minimum absolute atomic E-state index is 0.170. The Balaban J connectivity index is 1.73. The van der Waals surface area contributed by atoms with Gasteiger partial charge in [0.05, 0.1) is 0 Å². The molecule has 1 saturated heterocycles. The van der Waals surface area contributed by atoms with E-state index in [0.29, 0.717) is 0 Å². The summed E-state index contributed by atoms with van der Waals surface area (Å²) >= 11 is 0. The van der Waals surface area contributed by atoms with Gasteiger partial charge >= 0.3 is 0 Å². The number of hydrogen-bond donors (Lipinski definition) is 0. The Hall–Kier alpha value is -2.03. The molecule has 21 heavy (non-hydrogen) atoms. The Bertz CT molecular complexity index is 586. The number of carbonyl (C=O) groups is 1. The molecule has 0 spiro atoms. The zero-order valence-corrected chi connectivity index (χ0v) is 12.5. The Labute approximate surface area is 126 Å². The van der Waals surface area contributed by atoms with Crippen LogP contribution in [0.4, 0.5) is 0 Å². The van der Waals surface area contributed by atoms with E-state index in [4.69, 9.17) is 0 Å². The lowest BCUT2D eigenvalue weighted by Gasteiger charge is -2.20. The average Bonchev–Trinajstić information content (AvgIpc) is 2.96. The first-order valence-electron chi connectivity index (χ1n) is 7.77. The first-order chi connectivity index (χ1) is 10.2. The van der Waals surface area contributed by atoms with Gasteiger partial charge in [0.2, 0.25) is 0 Å². The SMILES string of the molecule is CC1CCCN(C(=O)c2ccc(-n3cccc3)cc2)CC1. The van der Waals surface area contributed by atoms with Crippen molar-refractivity contribution in [3.63, 3.8) is 0 Å². The van der Waals surface area contributed by atoms with Crippen molar-refractivity contribution in [2.75, 3.05) is 13.1 Å². The fourth-order valence-electron chi connectivity index (χ4n) is 2.93. The topological polar surface area (TPSA) is 25.2 Å². The van der Waals surface area contributed by atoms with Gasteiger partial charge in [-0.05, 0) is 61.6 Å². The molecule has 0 N–H and O–H groups in total. The monoisotopic (exact) mass is 282 g/mol. The van der Waals surface area contributed by atoms with E-state index in [0.717, 1.165) is 43.1 Å². The van der Waals surface area contributed by atoms with Gasteiger partial charge in [-0.2, -0.15) is 0 Å². The van der Waals surface area contributed by atoms with Gasteiger partial charge in [0.15, 0.2) is 0 Å². The highest BCUT2D eigenvalue weighted by Gasteiger charge is 2.19. The Morgan fingerprint density at radius 3 is 2.48 bits per heavy atom. The van der Waals surface area contributed by atoms with E-state index in [9.17, 15) is 4.79 Å². The highest BCUT2D eigenvalue weighted by atomic mass is 16.2. The van der Waals surface area contributed by atoms with Crippen LogP contribution in [0.3, 0.4) is 0 Å². The van der Waals surface area contributed by atoms with Gasteiger partial charge in [-0.25, -0.2) is 0 Å². The molecule has 1 aliphatic rings. The van der Waals surface area contributed by atoms with Crippen molar-refractivity contribution in [2.45, 2.75) is 26.2 Å². The molecule has 1 unspecified atom stereocenters. The standard InChI is InChI=1S/C18H22N2O/c1-15-5-4-13-20(14-10-15)18(21)16-6-8-17(9-7-16)19-11-2-3-12-19/h2-3,6-9,11-12,15H,4-5,10,13-14H2,1H3. The first-order valence-corrected chi connectivity index (χ1v) is 7.77. The lowest BCUT2D eigenvalue weighted by molar-refractivity contribution is 0.0760. The summed E-state index contributed by atoms with van der Waals surface area (Å²) in [4.78, 5) is 14.6. The number of nitrogens with zero attached hydrogens (tertiary/aromatic N) is 2. The van der Waals surface area contributed by atoms with Crippen molar-refractivity contribution in [3.05, 3.63) is 54.4 Å². The fraction of sp³-hybridized carbons (Fsp3) is 0.389. The number of amides is 1. The van der Waals surface area contributed by atoms with Crippen molar-refractivity contribution in [3.8, 4) is 5.69 Å². The van der Waals surface area contributed by atoms with Gasteiger partial charge < -0.3 is 9.47 Å². The summed E-state index contributed by atoms with van der Waals surface area (Å²) in [5.41, 5.74) is 1.88. The Morgan fingerprint density at radius 2 is 1.76 bits per heavy atom. The third-order valence-corrected chi connectivity index (χ3v) is 4.32. The summed E-state index contributed by atoms with van der Waals surface area (Å²) in [6.07, 6.45) is 7.48. The number of benzene rings is 1. The van der Waals surface area contributed by atoms with Crippen LogP contribution in [0.1, 0.15) is 36.5 Å².